The van der Waals surface area contributed by atoms with Crippen LogP contribution in [0.2, 0.25) is 0 Å². The number of amides is 4. The monoisotopic (exact) mass is 321 g/mol. The van der Waals surface area contributed by atoms with Crippen molar-refractivity contribution in [2.75, 3.05) is 6.54 Å². The quantitative estimate of drug-likeness (QED) is 0.753. The molecule has 1 aromatic heterocycles. The van der Waals surface area contributed by atoms with Crippen LogP contribution in [0.1, 0.15) is 37.2 Å². The second kappa shape index (κ2) is 6.80. The molecule has 1 aliphatic heterocycles. The van der Waals surface area contributed by atoms with Crippen LogP contribution in [0, 0.1) is 19.8 Å². The van der Waals surface area contributed by atoms with Gasteiger partial charge in [-0.2, -0.15) is 5.10 Å². The molecule has 2 rings (SSSR count). The largest absolute Gasteiger partial charge is 0.343 e. The highest BCUT2D eigenvalue weighted by atomic mass is 16.2. The lowest BCUT2D eigenvalue weighted by Gasteiger charge is -2.14. The summed E-state index contributed by atoms with van der Waals surface area (Å²) in [5.41, 5.74) is 5.49. The van der Waals surface area contributed by atoms with Crippen LogP contribution < -0.4 is 10.7 Å². The van der Waals surface area contributed by atoms with Gasteiger partial charge in [0.15, 0.2) is 0 Å². The number of nitrogens with one attached hydrogen (secondary N) is 2. The Labute approximate surface area is 135 Å². The van der Waals surface area contributed by atoms with Gasteiger partial charge >= 0.3 is 6.03 Å². The van der Waals surface area contributed by atoms with E-state index in [9.17, 15) is 14.4 Å². The fourth-order valence-corrected chi connectivity index (χ4v) is 2.60. The molecular weight excluding hydrogens is 298 g/mol. The molecule has 1 aromatic rings. The van der Waals surface area contributed by atoms with E-state index in [1.54, 1.807) is 0 Å². The summed E-state index contributed by atoms with van der Waals surface area (Å²) in [6.45, 7) is 8.90. The van der Waals surface area contributed by atoms with Gasteiger partial charge in [-0.1, -0.05) is 13.8 Å². The molecule has 1 saturated heterocycles. The van der Waals surface area contributed by atoms with Crippen LogP contribution in [0.15, 0.2) is 0 Å². The van der Waals surface area contributed by atoms with Gasteiger partial charge in [-0.25, -0.2) is 9.80 Å². The summed E-state index contributed by atoms with van der Waals surface area (Å²) in [5.74, 6) is -0.224. The number of nitrogens with zero attached hydrogens (tertiary/aromatic N) is 3. The summed E-state index contributed by atoms with van der Waals surface area (Å²) < 4.78 is 1.97. The molecule has 2 N–H and O–H groups in total. The van der Waals surface area contributed by atoms with Gasteiger partial charge in [-0.15, -0.1) is 0 Å². The summed E-state index contributed by atoms with van der Waals surface area (Å²) in [6, 6.07) is -0.597. The Morgan fingerprint density at radius 2 is 2.04 bits per heavy atom. The van der Waals surface area contributed by atoms with Crippen LogP contribution in [-0.2, 0) is 22.6 Å². The predicted octanol–water partition coefficient (Wildman–Crippen LogP) is 0.672. The minimum absolute atomic E-state index is 0.144. The summed E-state index contributed by atoms with van der Waals surface area (Å²) in [4.78, 5) is 34.4. The van der Waals surface area contributed by atoms with Crippen LogP contribution in [0.3, 0.4) is 0 Å². The van der Waals surface area contributed by atoms with E-state index in [0.717, 1.165) is 28.5 Å². The highest BCUT2D eigenvalue weighted by Gasteiger charge is 2.28. The molecule has 1 fully saturated rings. The average molecular weight is 321 g/mol. The van der Waals surface area contributed by atoms with Gasteiger partial charge in [0.05, 0.1) is 5.69 Å². The third-order valence-electron chi connectivity index (χ3n) is 3.72. The SMILES string of the molecule is Cc1nn(CC(C)C)c(C)c1CCC(=O)NN1CC(=O)NC1=O. The molecule has 1 aliphatic rings. The molecule has 8 heteroatoms. The van der Waals surface area contributed by atoms with Crippen molar-refractivity contribution in [2.24, 2.45) is 5.92 Å². The van der Waals surface area contributed by atoms with E-state index in [2.05, 4.69) is 29.7 Å². The van der Waals surface area contributed by atoms with Crippen molar-refractivity contribution in [3.63, 3.8) is 0 Å². The molecule has 0 spiro atoms. The van der Waals surface area contributed by atoms with Crippen LogP contribution in [0.5, 0.6) is 0 Å². The maximum atomic E-state index is 12.0. The van der Waals surface area contributed by atoms with E-state index < -0.39 is 11.9 Å². The highest BCUT2D eigenvalue weighted by Crippen LogP contribution is 2.16. The van der Waals surface area contributed by atoms with E-state index in [4.69, 9.17) is 0 Å². The van der Waals surface area contributed by atoms with Crippen molar-refractivity contribution >= 4 is 17.8 Å². The molecule has 0 unspecified atom stereocenters. The Hall–Kier alpha value is -2.38. The second-order valence-corrected chi connectivity index (χ2v) is 6.20. The zero-order valence-corrected chi connectivity index (χ0v) is 14.0. The number of rotatable bonds is 6. The van der Waals surface area contributed by atoms with Crippen molar-refractivity contribution in [3.8, 4) is 0 Å². The standard InChI is InChI=1S/C15H23N5O3/c1-9(2)7-19-11(4)12(10(3)17-19)5-6-13(21)18-20-8-14(22)16-15(20)23/h9H,5-8H2,1-4H3,(H,18,21)(H,16,22,23). The Balaban J connectivity index is 1.93. The first-order chi connectivity index (χ1) is 10.8. The maximum Gasteiger partial charge on any atom is 0.343 e. The van der Waals surface area contributed by atoms with E-state index >= 15 is 0 Å². The molecule has 23 heavy (non-hydrogen) atoms. The molecule has 126 valence electrons. The molecule has 2 heterocycles. The molecule has 0 radical (unpaired) electrons. The van der Waals surface area contributed by atoms with Gasteiger partial charge in [0.2, 0.25) is 11.8 Å². The van der Waals surface area contributed by atoms with Gasteiger partial charge in [0.25, 0.3) is 0 Å². The van der Waals surface area contributed by atoms with E-state index in [-0.39, 0.29) is 18.9 Å². The Bertz CT molecular complexity index is 635. The average Bonchev–Trinajstić information content (AvgIpc) is 2.87. The van der Waals surface area contributed by atoms with Crippen molar-refractivity contribution in [3.05, 3.63) is 17.0 Å². The van der Waals surface area contributed by atoms with Crippen molar-refractivity contribution in [1.82, 2.24) is 25.5 Å². The van der Waals surface area contributed by atoms with Gasteiger partial charge in [-0.3, -0.25) is 25.0 Å². The number of imide groups is 1. The molecule has 0 aliphatic carbocycles. The number of aryl methyl sites for hydroxylation is 1. The zero-order chi connectivity index (χ0) is 17.1. The normalized spacial score (nSPS) is 14.6. The van der Waals surface area contributed by atoms with Crippen LogP contribution >= 0.6 is 0 Å². The topological polar surface area (TPSA) is 96.3 Å². The molecule has 0 bridgehead atoms. The van der Waals surface area contributed by atoms with E-state index in [1.165, 1.54) is 0 Å². The maximum absolute atomic E-state index is 12.0. The Kier molecular flexibility index (Phi) is 5.02. The lowest BCUT2D eigenvalue weighted by Crippen LogP contribution is -2.44. The highest BCUT2D eigenvalue weighted by molar-refractivity contribution is 6.02. The number of hydrazine groups is 1. The zero-order valence-electron chi connectivity index (χ0n) is 14.0. The number of hydrogen-bond acceptors (Lipinski definition) is 4. The molecule has 4 amide bonds. The summed E-state index contributed by atoms with van der Waals surface area (Å²) in [5, 5.41) is 7.62. The van der Waals surface area contributed by atoms with Crippen molar-refractivity contribution < 1.29 is 14.4 Å². The van der Waals surface area contributed by atoms with Crippen LogP contribution in [0.25, 0.3) is 0 Å². The number of urea groups is 1. The van der Waals surface area contributed by atoms with Gasteiger partial charge < -0.3 is 0 Å². The minimum atomic E-state index is -0.597. The van der Waals surface area contributed by atoms with Crippen molar-refractivity contribution in [2.45, 2.75) is 47.1 Å². The smallest absolute Gasteiger partial charge is 0.275 e. The number of aromatic nitrogens is 2. The summed E-state index contributed by atoms with van der Waals surface area (Å²) in [6.07, 6.45) is 0.776. The molecule has 8 nitrogen and oxygen atoms in total. The first-order valence-electron chi connectivity index (χ1n) is 7.71. The fraction of sp³-hybridized carbons (Fsp3) is 0.600. The number of carbonyl (C=O) groups excluding carboxylic acids is 3. The number of carbonyl (C=O) groups is 3. The lowest BCUT2D eigenvalue weighted by atomic mass is 10.1. The summed E-state index contributed by atoms with van der Waals surface area (Å²) in [7, 11) is 0. The van der Waals surface area contributed by atoms with E-state index in [1.807, 2.05) is 18.5 Å². The molecule has 0 aromatic carbocycles. The first kappa shape index (κ1) is 17.0. The van der Waals surface area contributed by atoms with Crippen molar-refractivity contribution in [1.29, 1.82) is 0 Å². The van der Waals surface area contributed by atoms with Gasteiger partial charge in [0, 0.05) is 18.7 Å². The molecular formula is C15H23N5O3. The second-order valence-electron chi connectivity index (χ2n) is 6.20. The van der Waals surface area contributed by atoms with E-state index in [0.29, 0.717) is 12.3 Å². The van der Waals surface area contributed by atoms with Crippen LogP contribution in [-0.4, -0.2) is 39.2 Å². The Morgan fingerprint density at radius 1 is 1.35 bits per heavy atom. The third kappa shape index (κ3) is 4.08. The fourth-order valence-electron chi connectivity index (χ4n) is 2.60. The number of hydrogen-bond donors (Lipinski definition) is 2. The van der Waals surface area contributed by atoms with Gasteiger partial charge in [0.1, 0.15) is 6.54 Å². The molecule has 0 atom stereocenters. The summed E-state index contributed by atoms with van der Waals surface area (Å²) >= 11 is 0. The Morgan fingerprint density at radius 3 is 2.61 bits per heavy atom. The third-order valence-corrected chi connectivity index (χ3v) is 3.72. The lowest BCUT2D eigenvalue weighted by molar-refractivity contribution is -0.125. The molecule has 0 saturated carbocycles. The predicted molar refractivity (Wildman–Crippen MR) is 83.2 cm³/mol. The van der Waals surface area contributed by atoms with Crippen LogP contribution in [0.4, 0.5) is 4.79 Å². The van der Waals surface area contributed by atoms with Gasteiger partial charge in [-0.05, 0) is 31.7 Å². The first-order valence-corrected chi connectivity index (χ1v) is 7.71. The minimum Gasteiger partial charge on any atom is -0.275 e.